The van der Waals surface area contributed by atoms with Gasteiger partial charge in [0.1, 0.15) is 35.8 Å². The topological polar surface area (TPSA) is 75.0 Å². The third-order valence-electron chi connectivity index (χ3n) is 4.51. The summed E-state index contributed by atoms with van der Waals surface area (Å²) in [6.07, 6.45) is 1.22. The summed E-state index contributed by atoms with van der Waals surface area (Å²) >= 11 is 0. The van der Waals surface area contributed by atoms with Crippen LogP contribution in [0, 0.1) is 5.82 Å². The van der Waals surface area contributed by atoms with Crippen LogP contribution < -0.4 is 14.9 Å². The summed E-state index contributed by atoms with van der Waals surface area (Å²) < 4.78 is 34.7. The van der Waals surface area contributed by atoms with Crippen molar-refractivity contribution >= 4 is 16.9 Å². The molecule has 0 saturated carbocycles. The van der Waals surface area contributed by atoms with Crippen molar-refractivity contribution in [3.8, 4) is 17.2 Å². The van der Waals surface area contributed by atoms with E-state index in [9.17, 15) is 14.0 Å². The fourth-order valence-corrected chi connectivity index (χ4v) is 2.95. The highest BCUT2D eigenvalue weighted by atomic mass is 19.1. The molecule has 0 atom stereocenters. The standard InChI is InChI=1S/C24H17FO6/c1-28-24(27)16-5-7-18(8-6-16)31-22-14-30-21-12-19(9-10-20(21)23(22)26)29-13-15-3-2-4-17(25)11-15/h2-12,14H,13H2,1H3. The molecule has 156 valence electrons. The van der Waals surface area contributed by atoms with Gasteiger partial charge in [0.2, 0.25) is 11.2 Å². The van der Waals surface area contributed by atoms with Crippen molar-refractivity contribution < 1.29 is 27.8 Å². The quantitative estimate of drug-likeness (QED) is 0.405. The van der Waals surface area contributed by atoms with E-state index < -0.39 is 5.97 Å². The molecule has 0 N–H and O–H groups in total. The van der Waals surface area contributed by atoms with E-state index in [4.69, 9.17) is 13.9 Å². The first-order valence-electron chi connectivity index (χ1n) is 9.32. The summed E-state index contributed by atoms with van der Waals surface area (Å²) in [7, 11) is 1.30. The predicted octanol–water partition coefficient (Wildman–Crippen LogP) is 5.09. The number of rotatable bonds is 6. The van der Waals surface area contributed by atoms with E-state index in [-0.39, 0.29) is 23.6 Å². The minimum absolute atomic E-state index is 0.00625. The number of halogens is 1. The maximum atomic E-state index is 13.3. The van der Waals surface area contributed by atoms with Crippen LogP contribution in [0.4, 0.5) is 4.39 Å². The van der Waals surface area contributed by atoms with Crippen molar-refractivity contribution in [2.75, 3.05) is 7.11 Å². The Morgan fingerprint density at radius 2 is 1.77 bits per heavy atom. The molecule has 0 unspecified atom stereocenters. The van der Waals surface area contributed by atoms with Crippen LogP contribution >= 0.6 is 0 Å². The number of hydrogen-bond donors (Lipinski definition) is 0. The van der Waals surface area contributed by atoms with Crippen LogP contribution in [-0.2, 0) is 11.3 Å². The van der Waals surface area contributed by atoms with Crippen molar-refractivity contribution in [3.63, 3.8) is 0 Å². The first-order chi connectivity index (χ1) is 15.0. The van der Waals surface area contributed by atoms with Crippen LogP contribution in [-0.4, -0.2) is 13.1 Å². The van der Waals surface area contributed by atoms with E-state index in [0.717, 1.165) is 0 Å². The lowest BCUT2D eigenvalue weighted by atomic mass is 10.2. The largest absolute Gasteiger partial charge is 0.489 e. The van der Waals surface area contributed by atoms with E-state index in [1.807, 2.05) is 0 Å². The Labute approximate surface area is 176 Å². The van der Waals surface area contributed by atoms with E-state index in [1.54, 1.807) is 42.5 Å². The van der Waals surface area contributed by atoms with Gasteiger partial charge in [0.05, 0.1) is 18.1 Å². The van der Waals surface area contributed by atoms with Gasteiger partial charge in [-0.2, -0.15) is 0 Å². The Morgan fingerprint density at radius 1 is 1.00 bits per heavy atom. The van der Waals surface area contributed by atoms with Gasteiger partial charge in [-0.15, -0.1) is 0 Å². The molecular formula is C24H17FO6. The van der Waals surface area contributed by atoms with Gasteiger partial charge in [-0.05, 0) is 54.1 Å². The Hall–Kier alpha value is -4.13. The second-order valence-electron chi connectivity index (χ2n) is 6.62. The van der Waals surface area contributed by atoms with Crippen LogP contribution in [0.15, 0.2) is 82.2 Å². The molecule has 0 aliphatic rings. The molecule has 0 fully saturated rings. The zero-order valence-electron chi connectivity index (χ0n) is 16.5. The van der Waals surface area contributed by atoms with E-state index in [0.29, 0.717) is 33.6 Å². The molecule has 7 heteroatoms. The second kappa shape index (κ2) is 8.71. The average Bonchev–Trinajstić information content (AvgIpc) is 2.79. The van der Waals surface area contributed by atoms with Crippen molar-refractivity contribution in [1.29, 1.82) is 0 Å². The molecule has 4 aromatic rings. The number of methoxy groups -OCH3 is 1. The van der Waals surface area contributed by atoms with Gasteiger partial charge in [0.15, 0.2) is 0 Å². The molecule has 3 aromatic carbocycles. The van der Waals surface area contributed by atoms with Crippen LogP contribution in [0.3, 0.4) is 0 Å². The summed E-state index contributed by atoms with van der Waals surface area (Å²) in [5.41, 5.74) is 1.03. The molecule has 1 aromatic heterocycles. The van der Waals surface area contributed by atoms with Crippen molar-refractivity contribution in [1.82, 2.24) is 0 Å². The number of fused-ring (bicyclic) bond motifs is 1. The molecule has 6 nitrogen and oxygen atoms in total. The number of esters is 1. The fraction of sp³-hybridized carbons (Fsp3) is 0.0833. The Bertz CT molecular complexity index is 1290. The molecule has 0 amide bonds. The molecule has 0 aliphatic heterocycles. The molecule has 0 radical (unpaired) electrons. The van der Waals surface area contributed by atoms with Crippen molar-refractivity contribution in [2.24, 2.45) is 0 Å². The molecule has 4 rings (SSSR count). The molecule has 0 saturated heterocycles. The third kappa shape index (κ3) is 4.56. The first kappa shape index (κ1) is 20.2. The van der Waals surface area contributed by atoms with Gasteiger partial charge in [-0.3, -0.25) is 4.79 Å². The summed E-state index contributed by atoms with van der Waals surface area (Å²) in [6.45, 7) is 0.177. The summed E-state index contributed by atoms with van der Waals surface area (Å²) in [4.78, 5) is 24.2. The molecule has 1 heterocycles. The summed E-state index contributed by atoms with van der Waals surface area (Å²) in [5, 5.41) is 0.321. The molecule has 0 aliphatic carbocycles. The minimum Gasteiger partial charge on any atom is -0.489 e. The van der Waals surface area contributed by atoms with Gasteiger partial charge in [0, 0.05) is 6.07 Å². The predicted molar refractivity (Wildman–Crippen MR) is 111 cm³/mol. The highest BCUT2D eigenvalue weighted by molar-refractivity contribution is 5.89. The first-order valence-corrected chi connectivity index (χ1v) is 9.32. The van der Waals surface area contributed by atoms with Gasteiger partial charge in [0.25, 0.3) is 0 Å². The number of carbonyl (C=O) groups is 1. The summed E-state index contributed by atoms with van der Waals surface area (Å²) in [5.74, 6) is 0.0540. The third-order valence-corrected chi connectivity index (χ3v) is 4.51. The Kier molecular flexibility index (Phi) is 5.66. The van der Waals surface area contributed by atoms with Crippen LogP contribution in [0.25, 0.3) is 11.0 Å². The van der Waals surface area contributed by atoms with Crippen LogP contribution in [0.2, 0.25) is 0 Å². The molecule has 31 heavy (non-hydrogen) atoms. The number of ether oxygens (including phenoxy) is 3. The van der Waals surface area contributed by atoms with Gasteiger partial charge >= 0.3 is 5.97 Å². The van der Waals surface area contributed by atoms with E-state index in [2.05, 4.69) is 4.74 Å². The van der Waals surface area contributed by atoms with Gasteiger partial charge in [-0.25, -0.2) is 9.18 Å². The number of hydrogen-bond acceptors (Lipinski definition) is 6. The maximum absolute atomic E-state index is 13.3. The lowest BCUT2D eigenvalue weighted by Gasteiger charge is -2.09. The maximum Gasteiger partial charge on any atom is 0.337 e. The van der Waals surface area contributed by atoms with Crippen LogP contribution in [0.5, 0.6) is 17.2 Å². The Balaban J connectivity index is 1.52. The highest BCUT2D eigenvalue weighted by Crippen LogP contribution is 2.25. The van der Waals surface area contributed by atoms with E-state index in [1.165, 1.54) is 37.6 Å². The van der Waals surface area contributed by atoms with Gasteiger partial charge < -0.3 is 18.6 Å². The summed E-state index contributed by atoms with van der Waals surface area (Å²) in [6, 6.07) is 17.1. The smallest absolute Gasteiger partial charge is 0.337 e. The molecule has 0 spiro atoms. The lowest BCUT2D eigenvalue weighted by Crippen LogP contribution is -2.05. The average molecular weight is 420 g/mol. The molecule has 0 bridgehead atoms. The zero-order chi connectivity index (χ0) is 21.8. The fourth-order valence-electron chi connectivity index (χ4n) is 2.95. The zero-order valence-corrected chi connectivity index (χ0v) is 16.5. The lowest BCUT2D eigenvalue weighted by molar-refractivity contribution is 0.0600. The van der Waals surface area contributed by atoms with Crippen molar-refractivity contribution in [3.05, 3.63) is 100 Å². The van der Waals surface area contributed by atoms with Crippen molar-refractivity contribution in [2.45, 2.75) is 6.61 Å². The normalized spacial score (nSPS) is 10.6. The Morgan fingerprint density at radius 3 is 2.52 bits per heavy atom. The van der Waals surface area contributed by atoms with Crippen LogP contribution in [0.1, 0.15) is 15.9 Å². The second-order valence-corrected chi connectivity index (χ2v) is 6.62. The van der Waals surface area contributed by atoms with Gasteiger partial charge in [-0.1, -0.05) is 12.1 Å². The highest BCUT2D eigenvalue weighted by Gasteiger charge is 2.11. The molecular weight excluding hydrogens is 403 g/mol. The number of benzene rings is 3. The number of carbonyl (C=O) groups excluding carboxylic acids is 1. The SMILES string of the molecule is COC(=O)c1ccc(Oc2coc3cc(OCc4cccc(F)c4)ccc3c2=O)cc1. The monoisotopic (exact) mass is 420 g/mol. The minimum atomic E-state index is -0.466. The van der Waals surface area contributed by atoms with E-state index >= 15 is 0 Å².